The Balaban J connectivity index is 0.00000529. The van der Waals surface area contributed by atoms with Crippen molar-refractivity contribution in [2.75, 3.05) is 41.0 Å². The molecule has 0 saturated carbocycles. The predicted molar refractivity (Wildman–Crippen MR) is 105 cm³/mol. The summed E-state index contributed by atoms with van der Waals surface area (Å²) < 4.78 is 17.3. The van der Waals surface area contributed by atoms with Crippen molar-refractivity contribution in [2.24, 2.45) is 4.99 Å². The number of carbonyl (C=O) groups is 1. The van der Waals surface area contributed by atoms with Gasteiger partial charge in [-0.15, -0.1) is 24.0 Å². The lowest BCUT2D eigenvalue weighted by Crippen LogP contribution is -2.43. The molecule has 0 aliphatic heterocycles. The first-order chi connectivity index (χ1) is 11.1. The molecule has 0 atom stereocenters. The van der Waals surface area contributed by atoms with E-state index in [-0.39, 0.29) is 36.4 Å². The molecule has 24 heavy (non-hydrogen) atoms. The van der Waals surface area contributed by atoms with E-state index in [0.717, 1.165) is 11.3 Å². The fraction of sp³-hybridized carbons (Fsp3) is 0.500. The molecule has 0 spiro atoms. The smallest absolute Gasteiger partial charge is 0.241 e. The summed E-state index contributed by atoms with van der Waals surface area (Å²) in [5.74, 6) is 1.22. The zero-order valence-corrected chi connectivity index (χ0v) is 16.7. The van der Waals surface area contributed by atoms with Crippen LogP contribution >= 0.6 is 24.0 Å². The Labute approximate surface area is 159 Å². The number of alkyl halides is 1. The van der Waals surface area contributed by atoms with E-state index in [1.165, 1.54) is 4.90 Å². The summed E-state index contributed by atoms with van der Waals surface area (Å²) in [4.78, 5) is 17.5. The molecular formula is C16H26FIN4O2. The average molecular weight is 452 g/mol. The lowest BCUT2D eigenvalue weighted by Gasteiger charge is -2.14. The first kappa shape index (κ1) is 22.4. The summed E-state index contributed by atoms with van der Waals surface area (Å²) in [6.45, 7) is 0.651. The number of amides is 1. The Morgan fingerprint density at radius 2 is 1.92 bits per heavy atom. The van der Waals surface area contributed by atoms with Crippen LogP contribution in [0.2, 0.25) is 0 Å². The molecule has 0 unspecified atom stereocenters. The zero-order chi connectivity index (χ0) is 17.1. The second-order valence-corrected chi connectivity index (χ2v) is 5.12. The van der Waals surface area contributed by atoms with Gasteiger partial charge >= 0.3 is 0 Å². The molecule has 136 valence electrons. The molecule has 1 aromatic carbocycles. The maximum Gasteiger partial charge on any atom is 0.241 e. The molecule has 0 saturated heterocycles. The van der Waals surface area contributed by atoms with E-state index in [1.807, 2.05) is 24.3 Å². The largest absolute Gasteiger partial charge is 0.497 e. The van der Waals surface area contributed by atoms with E-state index < -0.39 is 6.67 Å². The van der Waals surface area contributed by atoms with Crippen LogP contribution in [0.25, 0.3) is 0 Å². The lowest BCUT2D eigenvalue weighted by atomic mass is 10.2. The third-order valence-corrected chi connectivity index (χ3v) is 3.09. The highest BCUT2D eigenvalue weighted by Gasteiger charge is 2.05. The number of carbonyl (C=O) groups excluding carboxylic acids is 1. The van der Waals surface area contributed by atoms with Gasteiger partial charge in [0.15, 0.2) is 5.96 Å². The van der Waals surface area contributed by atoms with Crippen LogP contribution in [0.4, 0.5) is 4.39 Å². The van der Waals surface area contributed by atoms with Gasteiger partial charge in [-0.3, -0.25) is 9.18 Å². The quantitative estimate of drug-likeness (QED) is 0.273. The second kappa shape index (κ2) is 12.8. The summed E-state index contributed by atoms with van der Waals surface area (Å²) in [6, 6.07) is 7.58. The molecule has 0 aliphatic carbocycles. The SMILES string of the molecule is COc1ccc(CN=C(NCCCF)NCC(=O)N(C)C)cc1.I. The minimum absolute atomic E-state index is 0. The normalized spacial score (nSPS) is 10.6. The molecule has 2 N–H and O–H groups in total. The van der Waals surface area contributed by atoms with Crippen molar-refractivity contribution < 1.29 is 13.9 Å². The van der Waals surface area contributed by atoms with Crippen LogP contribution in [0.3, 0.4) is 0 Å². The van der Waals surface area contributed by atoms with E-state index in [1.54, 1.807) is 21.2 Å². The molecule has 0 aliphatic rings. The molecule has 0 aromatic heterocycles. The standard InChI is InChI=1S/C16H25FN4O2.HI/c1-21(2)15(22)12-20-16(18-10-4-9-17)19-11-13-5-7-14(23-3)8-6-13;/h5-8H,4,9-12H2,1-3H3,(H2,18,19,20);1H. The topological polar surface area (TPSA) is 66.0 Å². The van der Waals surface area contributed by atoms with E-state index in [9.17, 15) is 9.18 Å². The Kier molecular flexibility index (Phi) is 12.0. The number of aliphatic imine (C=N–C) groups is 1. The minimum Gasteiger partial charge on any atom is -0.497 e. The molecule has 6 nitrogen and oxygen atoms in total. The average Bonchev–Trinajstić information content (AvgIpc) is 2.57. The summed E-state index contributed by atoms with van der Waals surface area (Å²) in [5, 5.41) is 5.96. The molecule has 1 aromatic rings. The van der Waals surface area contributed by atoms with Crippen LogP contribution in [0.5, 0.6) is 5.75 Å². The van der Waals surface area contributed by atoms with Crippen LogP contribution in [0.1, 0.15) is 12.0 Å². The predicted octanol–water partition coefficient (Wildman–Crippen LogP) is 1.80. The first-order valence-corrected chi connectivity index (χ1v) is 7.48. The van der Waals surface area contributed by atoms with E-state index in [2.05, 4.69) is 15.6 Å². The maximum absolute atomic E-state index is 12.2. The number of nitrogens with one attached hydrogen (secondary N) is 2. The number of halogens is 2. The Hall–Kier alpha value is -1.58. The van der Waals surface area contributed by atoms with E-state index in [0.29, 0.717) is 25.5 Å². The highest BCUT2D eigenvalue weighted by atomic mass is 127. The van der Waals surface area contributed by atoms with Gasteiger partial charge in [-0.2, -0.15) is 0 Å². The first-order valence-electron chi connectivity index (χ1n) is 7.48. The van der Waals surface area contributed by atoms with Gasteiger partial charge in [-0.25, -0.2) is 4.99 Å². The summed E-state index contributed by atoms with van der Waals surface area (Å²) in [7, 11) is 5.00. The van der Waals surface area contributed by atoms with Crippen molar-refractivity contribution in [2.45, 2.75) is 13.0 Å². The molecule has 8 heteroatoms. The number of hydrogen-bond acceptors (Lipinski definition) is 3. The van der Waals surface area contributed by atoms with Crippen LogP contribution in [0.15, 0.2) is 29.3 Å². The van der Waals surface area contributed by atoms with Gasteiger partial charge in [0.25, 0.3) is 0 Å². The summed E-state index contributed by atoms with van der Waals surface area (Å²) in [5.41, 5.74) is 1.01. The minimum atomic E-state index is -0.393. The van der Waals surface area contributed by atoms with E-state index >= 15 is 0 Å². The highest BCUT2D eigenvalue weighted by molar-refractivity contribution is 14.0. The zero-order valence-electron chi connectivity index (χ0n) is 14.3. The van der Waals surface area contributed by atoms with Gasteiger partial charge in [-0.05, 0) is 24.1 Å². The fourth-order valence-corrected chi connectivity index (χ4v) is 1.67. The van der Waals surface area contributed by atoms with Crippen LogP contribution < -0.4 is 15.4 Å². The number of guanidine groups is 1. The van der Waals surface area contributed by atoms with Crippen LogP contribution in [-0.2, 0) is 11.3 Å². The van der Waals surface area contributed by atoms with Crippen LogP contribution in [0, 0.1) is 0 Å². The fourth-order valence-electron chi connectivity index (χ4n) is 1.67. The second-order valence-electron chi connectivity index (χ2n) is 5.12. The third kappa shape index (κ3) is 8.90. The number of benzene rings is 1. The van der Waals surface area contributed by atoms with Gasteiger partial charge in [0.05, 0.1) is 26.9 Å². The van der Waals surface area contributed by atoms with Gasteiger partial charge < -0.3 is 20.3 Å². The summed E-state index contributed by atoms with van der Waals surface area (Å²) >= 11 is 0. The van der Waals surface area contributed by atoms with Crippen molar-refractivity contribution in [3.05, 3.63) is 29.8 Å². The number of ether oxygens (including phenoxy) is 1. The monoisotopic (exact) mass is 452 g/mol. The van der Waals surface area contributed by atoms with Crippen molar-refractivity contribution in [1.29, 1.82) is 0 Å². The summed E-state index contributed by atoms with van der Waals surface area (Å²) in [6.07, 6.45) is 0.394. The lowest BCUT2D eigenvalue weighted by molar-refractivity contribution is -0.127. The molecule has 0 fully saturated rings. The van der Waals surface area contributed by atoms with Crippen LogP contribution in [-0.4, -0.2) is 57.7 Å². The van der Waals surface area contributed by atoms with Crippen molar-refractivity contribution >= 4 is 35.8 Å². The van der Waals surface area contributed by atoms with Crippen molar-refractivity contribution in [3.63, 3.8) is 0 Å². The highest BCUT2D eigenvalue weighted by Crippen LogP contribution is 2.11. The number of methoxy groups -OCH3 is 1. The van der Waals surface area contributed by atoms with E-state index in [4.69, 9.17) is 4.74 Å². The Morgan fingerprint density at radius 3 is 2.46 bits per heavy atom. The molecule has 0 radical (unpaired) electrons. The molecular weight excluding hydrogens is 426 g/mol. The van der Waals surface area contributed by atoms with Gasteiger partial charge in [0, 0.05) is 20.6 Å². The van der Waals surface area contributed by atoms with Crippen molar-refractivity contribution in [1.82, 2.24) is 15.5 Å². The van der Waals surface area contributed by atoms with Gasteiger partial charge in [-0.1, -0.05) is 12.1 Å². The number of hydrogen-bond donors (Lipinski definition) is 2. The number of rotatable bonds is 8. The van der Waals surface area contributed by atoms with Gasteiger partial charge in [0.1, 0.15) is 5.75 Å². The van der Waals surface area contributed by atoms with Crippen molar-refractivity contribution in [3.8, 4) is 5.75 Å². The number of likely N-dealkylation sites (N-methyl/N-ethyl adjacent to an activating group) is 1. The molecule has 0 bridgehead atoms. The number of nitrogens with zero attached hydrogens (tertiary/aromatic N) is 2. The third-order valence-electron chi connectivity index (χ3n) is 3.09. The Morgan fingerprint density at radius 1 is 1.25 bits per heavy atom. The molecule has 1 rings (SSSR count). The Bertz CT molecular complexity index is 509. The van der Waals surface area contributed by atoms with Gasteiger partial charge in [0.2, 0.25) is 5.91 Å². The molecule has 0 heterocycles. The maximum atomic E-state index is 12.2. The molecule has 1 amide bonds.